The maximum Gasteiger partial charge on any atom is 0.225 e. The molecular formula is C14H26N2O2. The first-order chi connectivity index (χ1) is 8.41. The number of amides is 2. The fourth-order valence-electron chi connectivity index (χ4n) is 2.17. The van der Waals surface area contributed by atoms with E-state index in [1.165, 1.54) is 0 Å². The third kappa shape index (κ3) is 4.31. The molecular weight excluding hydrogens is 228 g/mol. The zero-order valence-corrected chi connectivity index (χ0v) is 12.0. The molecule has 0 aliphatic carbocycles. The molecule has 1 saturated heterocycles. The number of carbonyl (C=O) groups is 2. The van der Waals surface area contributed by atoms with Gasteiger partial charge < -0.3 is 10.2 Å². The van der Waals surface area contributed by atoms with E-state index in [2.05, 4.69) is 5.32 Å². The Morgan fingerprint density at radius 1 is 1.11 bits per heavy atom. The predicted octanol–water partition coefficient (Wildman–Crippen LogP) is 1.65. The van der Waals surface area contributed by atoms with Gasteiger partial charge in [0, 0.05) is 31.5 Å². The molecule has 0 saturated carbocycles. The normalized spacial score (nSPS) is 17.3. The lowest BCUT2D eigenvalue weighted by atomic mass is 9.95. The van der Waals surface area contributed by atoms with Crippen LogP contribution in [0.1, 0.15) is 40.5 Å². The summed E-state index contributed by atoms with van der Waals surface area (Å²) < 4.78 is 0. The summed E-state index contributed by atoms with van der Waals surface area (Å²) in [6, 6.07) is 0. The molecule has 0 spiro atoms. The number of hydrogen-bond acceptors (Lipinski definition) is 2. The quantitative estimate of drug-likeness (QED) is 0.829. The second-order valence-corrected chi connectivity index (χ2v) is 5.82. The molecule has 18 heavy (non-hydrogen) atoms. The van der Waals surface area contributed by atoms with Crippen molar-refractivity contribution in [3.63, 3.8) is 0 Å². The number of carbonyl (C=O) groups excluding carboxylic acids is 2. The Morgan fingerprint density at radius 3 is 2.11 bits per heavy atom. The highest BCUT2D eigenvalue weighted by atomic mass is 16.2. The Hall–Kier alpha value is -1.06. The topological polar surface area (TPSA) is 49.4 Å². The minimum absolute atomic E-state index is 0.0487. The lowest BCUT2D eigenvalue weighted by Crippen LogP contribution is -2.43. The molecule has 0 atom stereocenters. The van der Waals surface area contributed by atoms with Crippen LogP contribution in [0.15, 0.2) is 0 Å². The molecule has 4 nitrogen and oxygen atoms in total. The van der Waals surface area contributed by atoms with Crippen molar-refractivity contribution in [3.05, 3.63) is 0 Å². The maximum atomic E-state index is 11.8. The first-order valence-electron chi connectivity index (χ1n) is 6.98. The molecule has 1 fully saturated rings. The van der Waals surface area contributed by atoms with E-state index in [-0.39, 0.29) is 23.7 Å². The van der Waals surface area contributed by atoms with E-state index in [4.69, 9.17) is 0 Å². The van der Waals surface area contributed by atoms with Crippen LogP contribution in [0.4, 0.5) is 0 Å². The van der Waals surface area contributed by atoms with Crippen LogP contribution in [0.5, 0.6) is 0 Å². The van der Waals surface area contributed by atoms with Gasteiger partial charge in [-0.2, -0.15) is 0 Å². The molecule has 1 rings (SSSR count). The summed E-state index contributed by atoms with van der Waals surface area (Å²) in [7, 11) is 0. The highest BCUT2D eigenvalue weighted by Crippen LogP contribution is 2.18. The molecule has 0 bridgehead atoms. The summed E-state index contributed by atoms with van der Waals surface area (Å²) in [4.78, 5) is 25.2. The van der Waals surface area contributed by atoms with Crippen molar-refractivity contribution >= 4 is 11.8 Å². The lowest BCUT2D eigenvalue weighted by molar-refractivity contribution is -0.136. The Kier molecular flexibility index (Phi) is 5.63. The monoisotopic (exact) mass is 254 g/mol. The molecule has 1 heterocycles. The SMILES string of the molecule is CC(C)C(=O)NCC1CCN(C(=O)C(C)C)CC1. The Labute approximate surface area is 110 Å². The van der Waals surface area contributed by atoms with Crippen molar-refractivity contribution < 1.29 is 9.59 Å². The summed E-state index contributed by atoms with van der Waals surface area (Å²) in [5.74, 6) is 1.02. The van der Waals surface area contributed by atoms with Crippen molar-refractivity contribution in [2.75, 3.05) is 19.6 Å². The molecule has 1 N–H and O–H groups in total. The number of piperidine rings is 1. The molecule has 1 aliphatic rings. The first-order valence-corrected chi connectivity index (χ1v) is 6.98. The van der Waals surface area contributed by atoms with Gasteiger partial charge in [0.2, 0.25) is 11.8 Å². The van der Waals surface area contributed by atoms with Gasteiger partial charge in [-0.15, -0.1) is 0 Å². The molecule has 1 aliphatic heterocycles. The van der Waals surface area contributed by atoms with Gasteiger partial charge in [-0.3, -0.25) is 9.59 Å². The largest absolute Gasteiger partial charge is 0.356 e. The van der Waals surface area contributed by atoms with Crippen molar-refractivity contribution in [2.24, 2.45) is 17.8 Å². The van der Waals surface area contributed by atoms with E-state index in [9.17, 15) is 9.59 Å². The van der Waals surface area contributed by atoms with E-state index >= 15 is 0 Å². The molecule has 0 aromatic rings. The van der Waals surface area contributed by atoms with Crippen LogP contribution >= 0.6 is 0 Å². The molecule has 0 aromatic carbocycles. The van der Waals surface area contributed by atoms with E-state index in [1.54, 1.807) is 0 Å². The summed E-state index contributed by atoms with van der Waals surface area (Å²) in [6.07, 6.45) is 1.99. The molecule has 0 unspecified atom stereocenters. The van der Waals surface area contributed by atoms with Gasteiger partial charge in [-0.1, -0.05) is 27.7 Å². The Bertz CT molecular complexity index is 292. The van der Waals surface area contributed by atoms with E-state index < -0.39 is 0 Å². The zero-order chi connectivity index (χ0) is 13.7. The lowest BCUT2D eigenvalue weighted by Gasteiger charge is -2.33. The second-order valence-electron chi connectivity index (χ2n) is 5.82. The maximum absolute atomic E-state index is 11.8. The number of hydrogen-bond donors (Lipinski definition) is 1. The zero-order valence-electron chi connectivity index (χ0n) is 12.0. The molecule has 104 valence electrons. The van der Waals surface area contributed by atoms with Crippen LogP contribution in [0.3, 0.4) is 0 Å². The van der Waals surface area contributed by atoms with Crippen LogP contribution in [-0.2, 0) is 9.59 Å². The first kappa shape index (κ1) is 15.0. The standard InChI is InChI=1S/C14H26N2O2/c1-10(2)13(17)15-9-12-5-7-16(8-6-12)14(18)11(3)4/h10-12H,5-9H2,1-4H3,(H,15,17). The summed E-state index contributed by atoms with van der Waals surface area (Å²) in [6.45, 7) is 10.1. The fourth-order valence-corrected chi connectivity index (χ4v) is 2.17. The van der Waals surface area contributed by atoms with Crippen LogP contribution in [0.25, 0.3) is 0 Å². The second kappa shape index (κ2) is 6.76. The van der Waals surface area contributed by atoms with Gasteiger partial charge in [-0.25, -0.2) is 0 Å². The number of likely N-dealkylation sites (tertiary alicyclic amines) is 1. The average Bonchev–Trinajstić information content (AvgIpc) is 2.35. The van der Waals surface area contributed by atoms with Crippen LogP contribution < -0.4 is 5.32 Å². The Balaban J connectivity index is 2.27. The molecule has 0 radical (unpaired) electrons. The van der Waals surface area contributed by atoms with Crippen molar-refractivity contribution in [1.82, 2.24) is 10.2 Å². The van der Waals surface area contributed by atoms with E-state index in [0.29, 0.717) is 5.92 Å². The minimum Gasteiger partial charge on any atom is -0.356 e. The molecule has 2 amide bonds. The van der Waals surface area contributed by atoms with E-state index in [0.717, 1.165) is 32.5 Å². The summed E-state index contributed by atoms with van der Waals surface area (Å²) in [5, 5.41) is 2.98. The smallest absolute Gasteiger partial charge is 0.225 e. The van der Waals surface area contributed by atoms with Gasteiger partial charge in [0.05, 0.1) is 0 Å². The summed E-state index contributed by atoms with van der Waals surface area (Å²) >= 11 is 0. The van der Waals surface area contributed by atoms with Crippen LogP contribution in [-0.4, -0.2) is 36.3 Å². The van der Waals surface area contributed by atoms with Gasteiger partial charge in [0.15, 0.2) is 0 Å². The summed E-state index contributed by atoms with van der Waals surface area (Å²) in [5.41, 5.74) is 0. The fraction of sp³-hybridized carbons (Fsp3) is 0.857. The van der Waals surface area contributed by atoms with Gasteiger partial charge in [0.25, 0.3) is 0 Å². The van der Waals surface area contributed by atoms with Crippen LogP contribution in [0, 0.1) is 17.8 Å². The third-order valence-corrected chi connectivity index (χ3v) is 3.51. The van der Waals surface area contributed by atoms with Crippen molar-refractivity contribution in [1.29, 1.82) is 0 Å². The highest BCUT2D eigenvalue weighted by Gasteiger charge is 2.24. The highest BCUT2D eigenvalue weighted by molar-refractivity contribution is 5.78. The minimum atomic E-state index is 0.0487. The van der Waals surface area contributed by atoms with Gasteiger partial charge >= 0.3 is 0 Å². The van der Waals surface area contributed by atoms with Crippen molar-refractivity contribution in [3.8, 4) is 0 Å². The number of nitrogens with zero attached hydrogens (tertiary/aromatic N) is 1. The van der Waals surface area contributed by atoms with Gasteiger partial charge in [0.1, 0.15) is 0 Å². The third-order valence-electron chi connectivity index (χ3n) is 3.51. The van der Waals surface area contributed by atoms with Crippen LogP contribution in [0.2, 0.25) is 0 Å². The molecule has 4 heteroatoms. The van der Waals surface area contributed by atoms with Crippen molar-refractivity contribution in [2.45, 2.75) is 40.5 Å². The predicted molar refractivity (Wildman–Crippen MR) is 72.0 cm³/mol. The van der Waals surface area contributed by atoms with Gasteiger partial charge in [-0.05, 0) is 18.8 Å². The number of nitrogens with one attached hydrogen (secondary N) is 1. The Morgan fingerprint density at radius 2 is 1.67 bits per heavy atom. The average molecular weight is 254 g/mol. The molecule has 0 aromatic heterocycles. The number of rotatable bonds is 4. The van der Waals surface area contributed by atoms with E-state index in [1.807, 2.05) is 32.6 Å².